The minimum absolute atomic E-state index is 0.117. The van der Waals surface area contributed by atoms with Gasteiger partial charge in [-0.05, 0) is 74.1 Å². The Balaban J connectivity index is 1.27. The van der Waals surface area contributed by atoms with Crippen molar-refractivity contribution in [1.29, 1.82) is 0 Å². The van der Waals surface area contributed by atoms with Crippen LogP contribution in [0.2, 0.25) is 0 Å². The van der Waals surface area contributed by atoms with E-state index in [-0.39, 0.29) is 35.0 Å². The molecule has 0 unspecified atom stereocenters. The Kier molecular flexibility index (Phi) is 7.58. The van der Waals surface area contributed by atoms with Crippen LogP contribution in [-0.4, -0.2) is 36.2 Å². The molecule has 4 aromatic rings. The fourth-order valence-corrected chi connectivity index (χ4v) is 5.81. The fourth-order valence-electron chi connectivity index (χ4n) is 4.76. The van der Waals surface area contributed by atoms with Crippen molar-refractivity contribution in [1.82, 2.24) is 15.0 Å². The number of phenolic OH excluding ortho intramolecular Hbond substituents is 2. The molecule has 1 aliphatic carbocycles. The number of nitrogens with one attached hydrogen (secondary N) is 2. The van der Waals surface area contributed by atoms with Crippen molar-refractivity contribution in [3.05, 3.63) is 71.1 Å². The molecule has 214 valence electrons. The predicted octanol–water partition coefficient (Wildman–Crippen LogP) is 6.10. The molecule has 0 aliphatic heterocycles. The van der Waals surface area contributed by atoms with Crippen LogP contribution in [0.3, 0.4) is 0 Å². The molecule has 2 aromatic carbocycles. The lowest BCUT2D eigenvalue weighted by molar-refractivity contribution is -0.141. The van der Waals surface area contributed by atoms with Crippen molar-refractivity contribution in [2.75, 3.05) is 10.6 Å². The number of aromatic hydroxyl groups is 2. The highest BCUT2D eigenvalue weighted by atomic mass is 32.1. The number of alkyl halides is 3. The second-order valence-electron chi connectivity index (χ2n) is 10.0. The van der Waals surface area contributed by atoms with Crippen LogP contribution in [0.25, 0.3) is 10.4 Å². The topological polar surface area (TPSA) is 140 Å². The third-order valence-electron chi connectivity index (χ3n) is 6.89. The van der Waals surface area contributed by atoms with Gasteiger partial charge >= 0.3 is 6.18 Å². The highest BCUT2D eigenvalue weighted by molar-refractivity contribution is 7.15. The van der Waals surface area contributed by atoms with Crippen molar-refractivity contribution in [3.63, 3.8) is 0 Å². The number of thiazole rings is 1. The van der Waals surface area contributed by atoms with E-state index < -0.39 is 17.5 Å². The molecular formula is C28H26F3N5O4S. The standard InChI is InChI=1S/C28H26F3N5O4S/c1-15-10-17(12-18(11-15)34-26-32-9-6-23(36-26)28(29,30)31)22-14-33-25(41-22)27(40)7-4-16(5-8-27)24(39)35-20-3-2-19(37)13-21(20)38/h2-3,6,9-14,16,37-38,40H,4-5,7-8H2,1H3,(H,35,39)(H,32,34,36)/t16-,27-. The number of phenols is 2. The van der Waals surface area contributed by atoms with Gasteiger partial charge in [0, 0.05) is 30.1 Å². The molecule has 9 nitrogen and oxygen atoms in total. The average Bonchev–Trinajstić information content (AvgIpc) is 3.42. The second-order valence-corrected chi connectivity index (χ2v) is 11.0. The Morgan fingerprint density at radius 2 is 1.83 bits per heavy atom. The van der Waals surface area contributed by atoms with Crippen LogP contribution in [-0.2, 0) is 16.6 Å². The number of benzene rings is 2. The van der Waals surface area contributed by atoms with E-state index in [2.05, 4.69) is 25.6 Å². The van der Waals surface area contributed by atoms with E-state index in [1.54, 1.807) is 18.3 Å². The summed E-state index contributed by atoms with van der Waals surface area (Å²) < 4.78 is 39.1. The molecule has 1 saturated carbocycles. The van der Waals surface area contributed by atoms with Crippen LogP contribution in [0.4, 0.5) is 30.5 Å². The first-order valence-corrected chi connectivity index (χ1v) is 13.5. The van der Waals surface area contributed by atoms with Gasteiger partial charge in [0.05, 0.1) is 10.6 Å². The molecule has 0 bridgehead atoms. The number of hydrogen-bond acceptors (Lipinski definition) is 9. The summed E-state index contributed by atoms with van der Waals surface area (Å²) in [7, 11) is 0. The number of nitrogens with zero attached hydrogens (tertiary/aromatic N) is 3. The summed E-state index contributed by atoms with van der Waals surface area (Å²) in [5, 5.41) is 36.8. The summed E-state index contributed by atoms with van der Waals surface area (Å²) in [5.74, 6) is -1.19. The first-order valence-electron chi connectivity index (χ1n) is 12.7. The van der Waals surface area contributed by atoms with E-state index in [4.69, 9.17) is 0 Å². The molecule has 2 aromatic heterocycles. The van der Waals surface area contributed by atoms with E-state index in [9.17, 15) is 33.3 Å². The minimum Gasteiger partial charge on any atom is -0.508 e. The van der Waals surface area contributed by atoms with Gasteiger partial charge in [0.25, 0.3) is 0 Å². The number of aliphatic hydroxyl groups is 1. The Morgan fingerprint density at radius 1 is 1.07 bits per heavy atom. The molecule has 5 N–H and O–H groups in total. The third kappa shape index (κ3) is 6.41. The average molecular weight is 586 g/mol. The molecule has 41 heavy (non-hydrogen) atoms. The molecule has 1 amide bonds. The van der Waals surface area contributed by atoms with Gasteiger partial charge in [-0.2, -0.15) is 13.2 Å². The summed E-state index contributed by atoms with van der Waals surface area (Å²) in [4.78, 5) is 25.4. The zero-order chi connectivity index (χ0) is 29.4. The molecule has 1 aliphatic rings. The number of carbonyl (C=O) groups is 1. The number of aromatic nitrogens is 3. The molecule has 0 radical (unpaired) electrons. The Hall–Kier alpha value is -4.23. The number of rotatable bonds is 6. The van der Waals surface area contributed by atoms with Gasteiger partial charge in [-0.15, -0.1) is 11.3 Å². The lowest BCUT2D eigenvalue weighted by atomic mass is 9.78. The van der Waals surface area contributed by atoms with E-state index in [0.717, 1.165) is 34.3 Å². The van der Waals surface area contributed by atoms with Crippen LogP contribution >= 0.6 is 11.3 Å². The van der Waals surface area contributed by atoms with E-state index in [0.29, 0.717) is 36.4 Å². The van der Waals surface area contributed by atoms with Crippen LogP contribution in [0.1, 0.15) is 41.9 Å². The first kappa shape index (κ1) is 28.3. The van der Waals surface area contributed by atoms with Crippen LogP contribution in [0, 0.1) is 12.8 Å². The number of halogens is 3. The maximum atomic E-state index is 13.0. The summed E-state index contributed by atoms with van der Waals surface area (Å²) in [6, 6.07) is 10.1. The number of hydrogen-bond donors (Lipinski definition) is 5. The van der Waals surface area contributed by atoms with Crippen LogP contribution < -0.4 is 10.6 Å². The van der Waals surface area contributed by atoms with E-state index in [1.807, 2.05) is 13.0 Å². The van der Waals surface area contributed by atoms with Crippen molar-refractivity contribution in [2.24, 2.45) is 5.92 Å². The SMILES string of the molecule is Cc1cc(Nc2nccc(C(F)(F)F)n2)cc(-c2cnc([C@]3(O)CC[C@H](C(=O)Nc4ccc(O)cc4O)CC3)s2)c1. The van der Waals surface area contributed by atoms with Gasteiger partial charge in [-0.3, -0.25) is 4.79 Å². The van der Waals surface area contributed by atoms with E-state index >= 15 is 0 Å². The van der Waals surface area contributed by atoms with Gasteiger partial charge in [0.1, 0.15) is 27.8 Å². The van der Waals surface area contributed by atoms with E-state index in [1.165, 1.54) is 23.5 Å². The predicted molar refractivity (Wildman–Crippen MR) is 147 cm³/mol. The highest BCUT2D eigenvalue weighted by Crippen LogP contribution is 2.43. The summed E-state index contributed by atoms with van der Waals surface area (Å²) in [6.45, 7) is 1.85. The van der Waals surface area contributed by atoms with Crippen molar-refractivity contribution in [2.45, 2.75) is 44.4 Å². The molecule has 0 spiro atoms. The molecule has 13 heteroatoms. The monoisotopic (exact) mass is 585 g/mol. The number of aryl methyl sites for hydroxylation is 1. The Bertz CT molecular complexity index is 1590. The second kappa shape index (κ2) is 11.0. The minimum atomic E-state index is -4.59. The number of amides is 1. The molecule has 1 fully saturated rings. The summed E-state index contributed by atoms with van der Waals surface area (Å²) in [6.07, 6.45) is -0.462. The molecule has 0 atom stereocenters. The lowest BCUT2D eigenvalue weighted by Crippen LogP contribution is -2.35. The van der Waals surface area contributed by atoms with Gasteiger partial charge in [-0.25, -0.2) is 15.0 Å². The first-order chi connectivity index (χ1) is 19.4. The zero-order valence-corrected chi connectivity index (χ0v) is 22.6. The number of anilines is 3. The van der Waals surface area contributed by atoms with Gasteiger partial charge in [0.2, 0.25) is 11.9 Å². The van der Waals surface area contributed by atoms with Crippen molar-refractivity contribution in [3.8, 4) is 21.9 Å². The molecule has 0 saturated heterocycles. The maximum Gasteiger partial charge on any atom is 0.433 e. The van der Waals surface area contributed by atoms with Crippen molar-refractivity contribution < 1.29 is 33.3 Å². The van der Waals surface area contributed by atoms with Gasteiger partial charge in [0.15, 0.2) is 0 Å². The molecule has 5 rings (SSSR count). The Labute approximate surface area is 236 Å². The maximum absolute atomic E-state index is 13.0. The molecule has 2 heterocycles. The lowest BCUT2D eigenvalue weighted by Gasteiger charge is -2.33. The third-order valence-corrected chi connectivity index (χ3v) is 8.13. The number of carbonyl (C=O) groups excluding carboxylic acids is 1. The van der Waals surface area contributed by atoms with Crippen LogP contribution in [0.5, 0.6) is 11.5 Å². The quantitative estimate of drug-likeness (QED) is 0.135. The highest BCUT2D eigenvalue weighted by Gasteiger charge is 2.39. The fraction of sp³-hybridized carbons (Fsp3) is 0.286. The van der Waals surface area contributed by atoms with Gasteiger partial charge < -0.3 is 26.0 Å². The summed E-state index contributed by atoms with van der Waals surface area (Å²) >= 11 is 1.31. The molecular weight excluding hydrogens is 559 g/mol. The van der Waals surface area contributed by atoms with Crippen molar-refractivity contribution >= 4 is 34.6 Å². The Morgan fingerprint density at radius 3 is 2.54 bits per heavy atom. The van der Waals surface area contributed by atoms with Gasteiger partial charge in [-0.1, -0.05) is 6.07 Å². The summed E-state index contributed by atoms with van der Waals surface area (Å²) in [5.41, 5.74) is 0.0419. The largest absolute Gasteiger partial charge is 0.508 e. The normalized spacial score (nSPS) is 19.1. The van der Waals surface area contributed by atoms with Crippen LogP contribution in [0.15, 0.2) is 54.9 Å². The smallest absolute Gasteiger partial charge is 0.433 e. The zero-order valence-electron chi connectivity index (χ0n) is 21.7.